The van der Waals surface area contributed by atoms with Crippen molar-refractivity contribution in [1.82, 2.24) is 4.98 Å². The van der Waals surface area contributed by atoms with Gasteiger partial charge in [0.05, 0.1) is 17.3 Å². The van der Waals surface area contributed by atoms with Gasteiger partial charge < -0.3 is 9.15 Å². The fraction of sp³-hybridized carbons (Fsp3) is 0.250. The van der Waals surface area contributed by atoms with Crippen molar-refractivity contribution in [1.29, 1.82) is 0 Å². The molecule has 1 N–H and O–H groups in total. The molecule has 2 heterocycles. The van der Waals surface area contributed by atoms with Crippen molar-refractivity contribution in [3.63, 3.8) is 0 Å². The standard InChI is InChI=1S/C24H24N2O3S/c1-12-7-8-19-20(9-12)30-24(25-19)26-21(27)10-13(2)17-11-18-14(3)16(5)29-23(18)15(4)22(17)28-6/h7-11H,1-6H3,(H,25,26,27)/b13-10+. The number of hydrogen-bond acceptors (Lipinski definition) is 5. The molecule has 0 spiro atoms. The smallest absolute Gasteiger partial charge is 0.250 e. The number of aromatic nitrogens is 1. The quantitative estimate of drug-likeness (QED) is 0.392. The third-order valence-corrected chi connectivity index (χ3v) is 6.33. The minimum atomic E-state index is -0.219. The summed E-state index contributed by atoms with van der Waals surface area (Å²) >= 11 is 1.47. The Kier molecular flexibility index (Phi) is 5.12. The van der Waals surface area contributed by atoms with Gasteiger partial charge in [0.25, 0.3) is 0 Å². The number of furan rings is 1. The second-order valence-electron chi connectivity index (χ2n) is 7.55. The first-order valence-electron chi connectivity index (χ1n) is 9.72. The Labute approximate surface area is 179 Å². The van der Waals surface area contributed by atoms with E-state index in [2.05, 4.69) is 16.4 Å². The highest BCUT2D eigenvalue weighted by molar-refractivity contribution is 7.22. The Morgan fingerprint density at radius 2 is 1.93 bits per heavy atom. The summed E-state index contributed by atoms with van der Waals surface area (Å²) in [5.74, 6) is 1.38. The fourth-order valence-electron chi connectivity index (χ4n) is 3.67. The predicted molar refractivity (Wildman–Crippen MR) is 124 cm³/mol. The number of carbonyl (C=O) groups is 1. The Morgan fingerprint density at radius 3 is 2.67 bits per heavy atom. The SMILES string of the molecule is COc1c(/C(C)=C/C(=O)Nc2nc3ccc(C)cc3s2)cc2c(C)c(C)oc2c1C. The van der Waals surface area contributed by atoms with Crippen LogP contribution in [0.1, 0.15) is 34.9 Å². The molecule has 0 aliphatic heterocycles. The zero-order valence-electron chi connectivity index (χ0n) is 18.0. The number of methoxy groups -OCH3 is 1. The molecule has 0 atom stereocenters. The topological polar surface area (TPSA) is 64.4 Å². The van der Waals surface area contributed by atoms with Gasteiger partial charge in [-0.1, -0.05) is 17.4 Å². The van der Waals surface area contributed by atoms with E-state index in [-0.39, 0.29) is 5.91 Å². The van der Waals surface area contributed by atoms with Gasteiger partial charge in [0.1, 0.15) is 17.1 Å². The molecular formula is C24H24N2O3S. The highest BCUT2D eigenvalue weighted by Crippen LogP contribution is 2.38. The number of aryl methyl sites for hydroxylation is 4. The third-order valence-electron chi connectivity index (χ3n) is 5.40. The number of nitrogens with one attached hydrogen (secondary N) is 1. The number of benzene rings is 2. The molecule has 154 valence electrons. The number of allylic oxidation sites excluding steroid dienone is 1. The average molecular weight is 421 g/mol. The van der Waals surface area contributed by atoms with Gasteiger partial charge in [-0.3, -0.25) is 10.1 Å². The van der Waals surface area contributed by atoms with Gasteiger partial charge in [0.2, 0.25) is 5.91 Å². The summed E-state index contributed by atoms with van der Waals surface area (Å²) in [6.07, 6.45) is 1.59. The van der Waals surface area contributed by atoms with E-state index in [4.69, 9.17) is 9.15 Å². The van der Waals surface area contributed by atoms with Crippen LogP contribution in [0.2, 0.25) is 0 Å². The summed E-state index contributed by atoms with van der Waals surface area (Å²) in [5.41, 5.74) is 6.59. The summed E-state index contributed by atoms with van der Waals surface area (Å²) in [6, 6.07) is 8.09. The molecule has 30 heavy (non-hydrogen) atoms. The molecule has 0 unspecified atom stereocenters. The van der Waals surface area contributed by atoms with Crippen molar-refractivity contribution in [2.75, 3.05) is 12.4 Å². The summed E-state index contributed by atoms with van der Waals surface area (Å²) in [6.45, 7) is 9.92. The van der Waals surface area contributed by atoms with E-state index in [1.807, 2.05) is 52.8 Å². The van der Waals surface area contributed by atoms with Crippen LogP contribution in [0.25, 0.3) is 26.8 Å². The number of hydrogen-bond donors (Lipinski definition) is 1. The minimum absolute atomic E-state index is 0.219. The Bertz CT molecular complexity index is 1330. The molecule has 2 aromatic heterocycles. The maximum atomic E-state index is 12.7. The molecule has 0 saturated heterocycles. The van der Waals surface area contributed by atoms with Crippen LogP contribution in [0, 0.1) is 27.7 Å². The number of nitrogens with zero attached hydrogens (tertiary/aromatic N) is 1. The third kappa shape index (κ3) is 3.48. The van der Waals surface area contributed by atoms with E-state index in [1.165, 1.54) is 16.9 Å². The lowest BCUT2D eigenvalue weighted by Crippen LogP contribution is -2.08. The Hall–Kier alpha value is -3.12. The monoisotopic (exact) mass is 420 g/mol. The van der Waals surface area contributed by atoms with Crippen molar-refractivity contribution in [3.05, 3.63) is 58.4 Å². The van der Waals surface area contributed by atoms with Crippen molar-refractivity contribution >= 4 is 49.1 Å². The molecule has 0 aliphatic carbocycles. The predicted octanol–water partition coefficient (Wildman–Crippen LogP) is 6.33. The maximum Gasteiger partial charge on any atom is 0.250 e. The zero-order chi connectivity index (χ0) is 21.6. The van der Waals surface area contributed by atoms with E-state index in [0.29, 0.717) is 10.9 Å². The summed E-state index contributed by atoms with van der Waals surface area (Å²) < 4.78 is 12.6. The number of rotatable bonds is 4. The average Bonchev–Trinajstić information content (AvgIpc) is 3.21. The highest BCUT2D eigenvalue weighted by Gasteiger charge is 2.18. The van der Waals surface area contributed by atoms with E-state index < -0.39 is 0 Å². The van der Waals surface area contributed by atoms with Crippen molar-refractivity contribution < 1.29 is 13.9 Å². The van der Waals surface area contributed by atoms with Crippen LogP contribution in [0.15, 0.2) is 34.8 Å². The molecule has 0 saturated carbocycles. The number of ether oxygens (including phenoxy) is 1. The van der Waals surface area contributed by atoms with Crippen LogP contribution >= 0.6 is 11.3 Å². The first kappa shape index (κ1) is 20.2. The molecule has 6 heteroatoms. The lowest BCUT2D eigenvalue weighted by atomic mass is 9.98. The summed E-state index contributed by atoms with van der Waals surface area (Å²) in [5, 5.41) is 4.51. The van der Waals surface area contributed by atoms with Crippen molar-refractivity contribution in [2.24, 2.45) is 0 Å². The van der Waals surface area contributed by atoms with E-state index >= 15 is 0 Å². The second-order valence-corrected chi connectivity index (χ2v) is 8.58. The molecule has 4 aromatic rings. The van der Waals surface area contributed by atoms with E-state index in [9.17, 15) is 4.79 Å². The molecule has 0 aliphatic rings. The van der Waals surface area contributed by atoms with Crippen molar-refractivity contribution in [2.45, 2.75) is 34.6 Å². The number of amides is 1. The molecule has 0 fully saturated rings. The van der Waals surface area contributed by atoms with Crippen LogP contribution < -0.4 is 10.1 Å². The largest absolute Gasteiger partial charge is 0.496 e. The molecule has 1 amide bonds. The molecule has 0 radical (unpaired) electrons. The van der Waals surface area contributed by atoms with Crippen LogP contribution in [-0.4, -0.2) is 18.0 Å². The second kappa shape index (κ2) is 7.61. The molecule has 5 nitrogen and oxygen atoms in total. The number of carbonyl (C=O) groups excluding carboxylic acids is 1. The van der Waals surface area contributed by atoms with E-state index in [0.717, 1.165) is 49.2 Å². The summed E-state index contributed by atoms with van der Waals surface area (Å²) in [4.78, 5) is 17.2. The lowest BCUT2D eigenvalue weighted by molar-refractivity contribution is -0.111. The maximum absolute atomic E-state index is 12.7. The van der Waals surface area contributed by atoms with Gasteiger partial charge in [-0.2, -0.15) is 0 Å². The van der Waals surface area contributed by atoms with Gasteiger partial charge in [0, 0.05) is 22.6 Å². The molecule has 4 rings (SSSR count). The fourth-order valence-corrected chi connectivity index (χ4v) is 4.64. The number of thiazole rings is 1. The molecule has 2 aromatic carbocycles. The molecular weight excluding hydrogens is 396 g/mol. The van der Waals surface area contributed by atoms with Crippen LogP contribution in [-0.2, 0) is 4.79 Å². The van der Waals surface area contributed by atoms with Gasteiger partial charge in [-0.15, -0.1) is 0 Å². The summed E-state index contributed by atoms with van der Waals surface area (Å²) in [7, 11) is 1.64. The van der Waals surface area contributed by atoms with Crippen molar-refractivity contribution in [3.8, 4) is 5.75 Å². The normalized spacial score (nSPS) is 12.0. The zero-order valence-corrected chi connectivity index (χ0v) is 18.8. The minimum Gasteiger partial charge on any atom is -0.496 e. The highest BCUT2D eigenvalue weighted by atomic mass is 32.1. The van der Waals surface area contributed by atoms with Crippen LogP contribution in [0.4, 0.5) is 5.13 Å². The van der Waals surface area contributed by atoms with Gasteiger partial charge >= 0.3 is 0 Å². The number of fused-ring (bicyclic) bond motifs is 2. The molecule has 0 bridgehead atoms. The lowest BCUT2D eigenvalue weighted by Gasteiger charge is -2.13. The van der Waals surface area contributed by atoms with Gasteiger partial charge in [0.15, 0.2) is 5.13 Å². The van der Waals surface area contributed by atoms with Crippen LogP contribution in [0.3, 0.4) is 0 Å². The first-order chi connectivity index (χ1) is 14.3. The Balaban J connectivity index is 1.68. The number of anilines is 1. The first-order valence-corrected chi connectivity index (χ1v) is 10.5. The van der Waals surface area contributed by atoms with Gasteiger partial charge in [-0.25, -0.2) is 4.98 Å². The Morgan fingerprint density at radius 1 is 1.17 bits per heavy atom. The van der Waals surface area contributed by atoms with Gasteiger partial charge in [-0.05, 0) is 69.5 Å². The van der Waals surface area contributed by atoms with E-state index in [1.54, 1.807) is 13.2 Å². The van der Waals surface area contributed by atoms with Crippen LogP contribution in [0.5, 0.6) is 5.75 Å².